The zero-order valence-corrected chi connectivity index (χ0v) is 20.6. The summed E-state index contributed by atoms with van der Waals surface area (Å²) in [4.78, 5) is 13.0. The lowest BCUT2D eigenvalue weighted by Gasteiger charge is -2.54. The lowest BCUT2D eigenvalue weighted by molar-refractivity contribution is -0.116. The number of carbonyl (C=O) groups excluding carboxylic acids is 1. The second kappa shape index (κ2) is 8.62. The monoisotopic (exact) mass is 486 g/mol. The fourth-order valence-corrected chi connectivity index (χ4v) is 8.20. The first-order valence-corrected chi connectivity index (χ1v) is 14.1. The fraction of sp³-hybridized carbons (Fsp3) is 0.500. The summed E-state index contributed by atoms with van der Waals surface area (Å²) < 4.78 is 26.1. The first-order valence-electron chi connectivity index (χ1n) is 11.8. The van der Waals surface area contributed by atoms with Gasteiger partial charge in [0.15, 0.2) is 0 Å². The van der Waals surface area contributed by atoms with Crippen molar-refractivity contribution in [1.29, 1.82) is 0 Å². The van der Waals surface area contributed by atoms with E-state index in [-0.39, 0.29) is 5.91 Å². The molecule has 33 heavy (non-hydrogen) atoms. The van der Waals surface area contributed by atoms with Crippen molar-refractivity contribution in [2.45, 2.75) is 51.0 Å². The third-order valence-corrected chi connectivity index (χ3v) is 9.45. The van der Waals surface area contributed by atoms with Gasteiger partial charge >= 0.3 is 0 Å². The molecule has 1 atom stereocenters. The highest BCUT2D eigenvalue weighted by atomic mass is 35.5. The molecule has 2 aromatic rings. The van der Waals surface area contributed by atoms with Crippen molar-refractivity contribution < 1.29 is 13.2 Å². The average molecular weight is 487 g/mol. The number of anilines is 2. The Morgan fingerprint density at radius 2 is 1.48 bits per heavy atom. The number of hydrogen-bond donors (Lipinski definition) is 1. The van der Waals surface area contributed by atoms with Gasteiger partial charge in [0.05, 0.1) is 11.9 Å². The molecule has 4 aliphatic rings. The summed E-state index contributed by atoms with van der Waals surface area (Å²) in [5, 5.41) is 3.40. The van der Waals surface area contributed by atoms with E-state index in [1.165, 1.54) is 37.7 Å². The Hall–Kier alpha value is -2.05. The molecule has 1 N–H and O–H groups in total. The van der Waals surface area contributed by atoms with Gasteiger partial charge in [0.2, 0.25) is 15.9 Å². The maximum Gasteiger partial charge on any atom is 0.247 e. The van der Waals surface area contributed by atoms with E-state index in [0.29, 0.717) is 22.3 Å². The molecule has 0 unspecified atom stereocenters. The Labute approximate surface area is 201 Å². The van der Waals surface area contributed by atoms with Crippen LogP contribution in [0.15, 0.2) is 48.5 Å². The normalized spacial score (nSPS) is 29.0. The molecule has 5 nitrogen and oxygen atoms in total. The zero-order valence-electron chi connectivity index (χ0n) is 19.1. The molecule has 7 heteroatoms. The minimum Gasteiger partial charge on any atom is -0.324 e. The molecule has 4 fully saturated rings. The largest absolute Gasteiger partial charge is 0.324 e. The smallest absolute Gasteiger partial charge is 0.247 e. The second-order valence-corrected chi connectivity index (χ2v) is 12.6. The van der Waals surface area contributed by atoms with Gasteiger partial charge in [-0.2, -0.15) is 0 Å². The van der Waals surface area contributed by atoms with Gasteiger partial charge in [0.1, 0.15) is 6.04 Å². The van der Waals surface area contributed by atoms with Crippen LogP contribution in [0.2, 0.25) is 5.02 Å². The van der Waals surface area contributed by atoms with Crippen LogP contribution in [-0.2, 0) is 14.8 Å². The summed E-state index contributed by atoms with van der Waals surface area (Å²) in [6.07, 6.45) is 8.05. The maximum atomic E-state index is 13.0. The molecule has 2 aromatic carbocycles. The van der Waals surface area contributed by atoms with Crippen LogP contribution in [0.25, 0.3) is 0 Å². The van der Waals surface area contributed by atoms with Crippen molar-refractivity contribution in [2.24, 2.45) is 23.7 Å². The number of benzene rings is 2. The molecule has 0 heterocycles. The van der Waals surface area contributed by atoms with Crippen LogP contribution in [0, 0.1) is 23.7 Å². The molecular weight excluding hydrogens is 456 g/mol. The van der Waals surface area contributed by atoms with Crippen molar-refractivity contribution in [3.63, 3.8) is 0 Å². The Bertz CT molecular complexity index is 1100. The Kier molecular flexibility index (Phi) is 5.94. The van der Waals surface area contributed by atoms with E-state index in [4.69, 9.17) is 11.6 Å². The maximum absolute atomic E-state index is 13.0. The van der Waals surface area contributed by atoms with Crippen LogP contribution in [0.1, 0.15) is 50.5 Å². The first-order chi connectivity index (χ1) is 15.7. The number of carbonyl (C=O) groups is 1. The molecule has 0 radical (unpaired) electrons. The second-order valence-electron chi connectivity index (χ2n) is 10.3. The molecule has 0 aromatic heterocycles. The van der Waals surface area contributed by atoms with E-state index in [0.717, 1.165) is 34.2 Å². The molecule has 4 bridgehead atoms. The quantitative estimate of drug-likeness (QED) is 0.571. The number of rotatable bonds is 6. The summed E-state index contributed by atoms with van der Waals surface area (Å²) in [5.74, 6) is 3.78. The van der Waals surface area contributed by atoms with Gasteiger partial charge in [0.25, 0.3) is 0 Å². The first kappa shape index (κ1) is 22.7. The molecule has 6 rings (SSSR count). The minimum absolute atomic E-state index is 0.377. The lowest BCUT2D eigenvalue weighted by Crippen LogP contribution is -2.45. The van der Waals surface area contributed by atoms with Crippen LogP contribution in [0.5, 0.6) is 0 Å². The zero-order chi connectivity index (χ0) is 23.3. The van der Waals surface area contributed by atoms with Crippen LogP contribution >= 0.6 is 11.6 Å². The highest BCUT2D eigenvalue weighted by Gasteiger charge is 2.48. The topological polar surface area (TPSA) is 66.5 Å². The average Bonchev–Trinajstić information content (AvgIpc) is 2.74. The van der Waals surface area contributed by atoms with Crippen LogP contribution in [-0.4, -0.2) is 26.6 Å². The van der Waals surface area contributed by atoms with Gasteiger partial charge in [-0.15, -0.1) is 0 Å². The van der Waals surface area contributed by atoms with Gasteiger partial charge < -0.3 is 5.32 Å². The minimum atomic E-state index is -3.67. The molecule has 4 saturated carbocycles. The number of halogens is 1. The van der Waals surface area contributed by atoms with Gasteiger partial charge in [-0.05, 0) is 111 Å². The summed E-state index contributed by atoms with van der Waals surface area (Å²) in [6, 6.07) is 13.7. The Morgan fingerprint density at radius 3 is 2.00 bits per heavy atom. The van der Waals surface area contributed by atoms with Gasteiger partial charge in [-0.25, -0.2) is 8.42 Å². The van der Waals surface area contributed by atoms with Crippen LogP contribution in [0.4, 0.5) is 11.4 Å². The summed E-state index contributed by atoms with van der Waals surface area (Å²) in [7, 11) is -3.67. The lowest BCUT2D eigenvalue weighted by atomic mass is 9.51. The number of sulfonamides is 1. The number of nitrogens with one attached hydrogen (secondary N) is 1. The summed E-state index contributed by atoms with van der Waals surface area (Å²) in [6.45, 7) is 1.59. The standard InChI is InChI=1S/C26H31ClN2O3S/c1-16(29(33(2,31)32)24-9-5-22(27)6-10-24)26(30)28-23-7-3-19(4-8-23)25-20-12-17-11-18(14-20)15-21(25)13-17/h3-10,16-18,20-21,25H,11-15H2,1-2H3,(H,28,30)/t16-,17?,18?,20?,21?,25?/m0/s1. The molecular formula is C26H31ClN2O3S. The fourth-order valence-electron chi connectivity index (χ4n) is 6.90. The van der Waals surface area contributed by atoms with Gasteiger partial charge in [-0.3, -0.25) is 9.10 Å². The number of nitrogens with zero attached hydrogens (tertiary/aromatic N) is 1. The highest BCUT2D eigenvalue weighted by molar-refractivity contribution is 7.92. The van der Waals surface area contributed by atoms with E-state index >= 15 is 0 Å². The van der Waals surface area contributed by atoms with Crippen molar-refractivity contribution >= 4 is 38.9 Å². The SMILES string of the molecule is C[C@@H](C(=O)Nc1ccc(C2C3CC4CC(C3)CC2C4)cc1)N(c1ccc(Cl)cc1)S(C)(=O)=O. The van der Waals surface area contributed by atoms with E-state index in [1.807, 2.05) is 12.1 Å². The molecule has 176 valence electrons. The summed E-state index contributed by atoms with van der Waals surface area (Å²) in [5.41, 5.74) is 2.47. The Balaban J connectivity index is 1.30. The summed E-state index contributed by atoms with van der Waals surface area (Å²) >= 11 is 5.94. The highest BCUT2D eigenvalue weighted by Crippen LogP contribution is 2.59. The van der Waals surface area contributed by atoms with Gasteiger partial charge in [-0.1, -0.05) is 23.7 Å². The Morgan fingerprint density at radius 1 is 0.939 bits per heavy atom. The van der Waals surface area contributed by atoms with Crippen LogP contribution in [0.3, 0.4) is 0 Å². The van der Waals surface area contributed by atoms with Crippen molar-refractivity contribution in [1.82, 2.24) is 0 Å². The molecule has 1 amide bonds. The number of hydrogen-bond acceptors (Lipinski definition) is 3. The third kappa shape index (κ3) is 4.52. The molecule has 0 aliphatic heterocycles. The van der Waals surface area contributed by atoms with E-state index in [2.05, 4.69) is 17.4 Å². The predicted molar refractivity (Wildman–Crippen MR) is 133 cm³/mol. The molecule has 0 spiro atoms. The molecule has 4 aliphatic carbocycles. The molecule has 0 saturated heterocycles. The number of amides is 1. The van der Waals surface area contributed by atoms with E-state index in [9.17, 15) is 13.2 Å². The van der Waals surface area contributed by atoms with Gasteiger partial charge in [0, 0.05) is 10.7 Å². The third-order valence-electron chi connectivity index (χ3n) is 7.96. The van der Waals surface area contributed by atoms with E-state index < -0.39 is 16.1 Å². The van der Waals surface area contributed by atoms with E-state index in [1.54, 1.807) is 31.2 Å². The van der Waals surface area contributed by atoms with Crippen molar-refractivity contribution in [2.75, 3.05) is 15.9 Å². The predicted octanol–water partition coefficient (Wildman–Crippen LogP) is 5.67. The van der Waals surface area contributed by atoms with Crippen molar-refractivity contribution in [3.8, 4) is 0 Å². The van der Waals surface area contributed by atoms with Crippen LogP contribution < -0.4 is 9.62 Å². The van der Waals surface area contributed by atoms with Crippen molar-refractivity contribution in [3.05, 3.63) is 59.1 Å².